The summed E-state index contributed by atoms with van der Waals surface area (Å²) in [6.45, 7) is -0.0624. The average Bonchev–Trinajstić information content (AvgIpc) is 2.27. The molecule has 0 aliphatic carbocycles. The van der Waals surface area contributed by atoms with Crippen molar-refractivity contribution in [3.63, 3.8) is 0 Å². The first-order chi connectivity index (χ1) is 7.61. The van der Waals surface area contributed by atoms with Crippen LogP contribution in [0, 0.1) is 0 Å². The molecule has 0 saturated carbocycles. The van der Waals surface area contributed by atoms with Gasteiger partial charge in [0.1, 0.15) is 0 Å². The summed E-state index contributed by atoms with van der Waals surface area (Å²) < 4.78 is 0. The lowest BCUT2D eigenvalue weighted by Gasteiger charge is -2.02. The molecule has 5 nitrogen and oxygen atoms in total. The number of carbonyl (C=O) groups is 2. The molecule has 0 heterocycles. The molecule has 0 radical (unpaired) electrons. The summed E-state index contributed by atoms with van der Waals surface area (Å²) in [4.78, 5) is 21.3. The highest BCUT2D eigenvalue weighted by atomic mass is 16.4. The second-order valence-corrected chi connectivity index (χ2v) is 3.02. The zero-order valence-corrected chi connectivity index (χ0v) is 8.38. The molecule has 1 amide bonds. The Morgan fingerprint density at radius 3 is 2.31 bits per heavy atom. The van der Waals surface area contributed by atoms with Crippen molar-refractivity contribution in [2.24, 2.45) is 0 Å². The van der Waals surface area contributed by atoms with Crippen molar-refractivity contribution in [1.29, 1.82) is 0 Å². The number of hydrogen-bond acceptors (Lipinski definition) is 3. The lowest BCUT2D eigenvalue weighted by Crippen LogP contribution is -2.08. The van der Waals surface area contributed by atoms with Gasteiger partial charge in [0.2, 0.25) is 5.91 Å². The highest BCUT2D eigenvalue weighted by Gasteiger charge is 1.98. The van der Waals surface area contributed by atoms with E-state index in [1.165, 1.54) is 0 Å². The molecular weight excluding hydrogens is 210 g/mol. The van der Waals surface area contributed by atoms with Gasteiger partial charge >= 0.3 is 5.97 Å². The van der Waals surface area contributed by atoms with Crippen LogP contribution in [-0.4, -0.2) is 22.1 Å². The van der Waals surface area contributed by atoms with Gasteiger partial charge in [-0.15, -0.1) is 0 Å². The zero-order chi connectivity index (χ0) is 12.0. The number of carboxylic acids is 1. The SMILES string of the molecule is O=C(O)/C=C/C(=O)Nc1ccc(CO)cc1. The summed E-state index contributed by atoms with van der Waals surface area (Å²) in [7, 11) is 0. The Balaban J connectivity index is 2.59. The summed E-state index contributed by atoms with van der Waals surface area (Å²) in [6, 6.07) is 6.57. The number of rotatable bonds is 4. The summed E-state index contributed by atoms with van der Waals surface area (Å²) in [5.74, 6) is -1.69. The largest absolute Gasteiger partial charge is 0.478 e. The molecule has 1 aromatic rings. The number of anilines is 1. The summed E-state index contributed by atoms with van der Waals surface area (Å²) in [6.07, 6.45) is 1.69. The molecule has 0 aliphatic heterocycles. The Morgan fingerprint density at radius 1 is 1.19 bits per heavy atom. The van der Waals surface area contributed by atoms with Crippen molar-refractivity contribution in [1.82, 2.24) is 0 Å². The van der Waals surface area contributed by atoms with Gasteiger partial charge in [0.15, 0.2) is 0 Å². The van der Waals surface area contributed by atoms with Crippen LogP contribution in [0.4, 0.5) is 5.69 Å². The van der Waals surface area contributed by atoms with Gasteiger partial charge in [0.25, 0.3) is 0 Å². The fourth-order valence-electron chi connectivity index (χ4n) is 1.02. The standard InChI is InChI=1S/C11H11NO4/c13-7-8-1-3-9(4-2-8)12-10(14)5-6-11(15)16/h1-6,13H,7H2,(H,12,14)(H,15,16)/b6-5+. The number of carboxylic acid groups (broad SMARTS) is 1. The highest BCUT2D eigenvalue weighted by Crippen LogP contribution is 2.09. The van der Waals surface area contributed by atoms with E-state index < -0.39 is 11.9 Å². The fourth-order valence-corrected chi connectivity index (χ4v) is 1.02. The topological polar surface area (TPSA) is 86.6 Å². The number of benzene rings is 1. The molecule has 0 saturated heterocycles. The molecule has 1 rings (SSSR count). The Hall–Kier alpha value is -2.14. The number of amides is 1. The molecular formula is C11H11NO4. The number of aliphatic hydroxyl groups excluding tert-OH is 1. The van der Waals surface area contributed by atoms with Crippen molar-refractivity contribution in [3.8, 4) is 0 Å². The predicted octanol–water partition coefficient (Wildman–Crippen LogP) is 0.758. The molecule has 0 fully saturated rings. The van der Waals surface area contributed by atoms with E-state index in [9.17, 15) is 9.59 Å². The quantitative estimate of drug-likeness (QED) is 0.655. The van der Waals surface area contributed by atoms with Crippen molar-refractivity contribution < 1.29 is 19.8 Å². The van der Waals surface area contributed by atoms with Gasteiger partial charge in [-0.25, -0.2) is 4.79 Å². The van der Waals surface area contributed by atoms with Gasteiger partial charge in [-0.1, -0.05) is 12.1 Å². The number of hydrogen-bond donors (Lipinski definition) is 3. The Labute approximate surface area is 92.0 Å². The average molecular weight is 221 g/mol. The van der Waals surface area contributed by atoms with E-state index in [-0.39, 0.29) is 6.61 Å². The van der Waals surface area contributed by atoms with Crippen molar-refractivity contribution >= 4 is 17.6 Å². The monoisotopic (exact) mass is 221 g/mol. The van der Waals surface area contributed by atoms with Gasteiger partial charge < -0.3 is 15.5 Å². The van der Waals surface area contributed by atoms with Gasteiger partial charge in [-0.3, -0.25) is 4.79 Å². The van der Waals surface area contributed by atoms with E-state index in [1.807, 2.05) is 0 Å². The van der Waals surface area contributed by atoms with E-state index in [4.69, 9.17) is 10.2 Å². The molecule has 1 aromatic carbocycles. The van der Waals surface area contributed by atoms with Gasteiger partial charge in [-0.05, 0) is 17.7 Å². The van der Waals surface area contributed by atoms with Crippen molar-refractivity contribution in [2.75, 3.05) is 5.32 Å². The minimum Gasteiger partial charge on any atom is -0.478 e. The Morgan fingerprint density at radius 2 is 1.81 bits per heavy atom. The van der Waals surface area contributed by atoms with Gasteiger partial charge in [-0.2, -0.15) is 0 Å². The molecule has 0 spiro atoms. The second kappa shape index (κ2) is 5.67. The van der Waals surface area contributed by atoms with Crippen LogP contribution >= 0.6 is 0 Å². The lowest BCUT2D eigenvalue weighted by molar-refractivity contribution is -0.131. The Bertz CT molecular complexity index is 408. The lowest BCUT2D eigenvalue weighted by atomic mass is 10.2. The zero-order valence-electron chi connectivity index (χ0n) is 8.38. The third kappa shape index (κ3) is 3.93. The van der Waals surface area contributed by atoms with E-state index in [0.717, 1.165) is 17.7 Å². The minimum atomic E-state index is -1.18. The van der Waals surface area contributed by atoms with Crippen LogP contribution in [-0.2, 0) is 16.2 Å². The number of aliphatic hydroxyl groups is 1. The molecule has 16 heavy (non-hydrogen) atoms. The maximum atomic E-state index is 11.2. The molecule has 5 heteroatoms. The summed E-state index contributed by atoms with van der Waals surface area (Å²) >= 11 is 0. The minimum absolute atomic E-state index is 0.0624. The van der Waals surface area contributed by atoms with Gasteiger partial charge in [0.05, 0.1) is 6.61 Å². The molecule has 84 valence electrons. The summed E-state index contributed by atoms with van der Waals surface area (Å²) in [5, 5.41) is 19.6. The van der Waals surface area contributed by atoms with Crippen LogP contribution in [0.25, 0.3) is 0 Å². The van der Waals surface area contributed by atoms with Crippen molar-refractivity contribution in [2.45, 2.75) is 6.61 Å². The molecule has 0 aromatic heterocycles. The van der Waals surface area contributed by atoms with Gasteiger partial charge in [0, 0.05) is 17.8 Å². The van der Waals surface area contributed by atoms with Crippen LogP contribution < -0.4 is 5.32 Å². The van der Waals surface area contributed by atoms with Crippen LogP contribution in [0.15, 0.2) is 36.4 Å². The molecule has 0 bridgehead atoms. The third-order valence-corrected chi connectivity index (χ3v) is 1.78. The number of carbonyl (C=O) groups excluding carboxylic acids is 1. The fraction of sp³-hybridized carbons (Fsp3) is 0.0909. The first kappa shape index (κ1) is 11.9. The summed E-state index contributed by atoms with van der Waals surface area (Å²) in [5.41, 5.74) is 1.27. The first-order valence-electron chi connectivity index (χ1n) is 4.53. The highest BCUT2D eigenvalue weighted by molar-refractivity contribution is 6.02. The van der Waals surface area contributed by atoms with E-state index >= 15 is 0 Å². The van der Waals surface area contributed by atoms with Crippen molar-refractivity contribution in [3.05, 3.63) is 42.0 Å². The predicted molar refractivity (Wildman–Crippen MR) is 57.8 cm³/mol. The van der Waals surface area contributed by atoms with Crippen LogP contribution in [0.2, 0.25) is 0 Å². The maximum Gasteiger partial charge on any atom is 0.328 e. The first-order valence-corrected chi connectivity index (χ1v) is 4.53. The van der Waals surface area contributed by atoms with E-state index in [1.54, 1.807) is 24.3 Å². The van der Waals surface area contributed by atoms with E-state index in [0.29, 0.717) is 5.69 Å². The molecule has 0 unspecified atom stereocenters. The molecule has 3 N–H and O–H groups in total. The number of aliphatic carboxylic acids is 1. The molecule has 0 aliphatic rings. The van der Waals surface area contributed by atoms with Crippen LogP contribution in [0.3, 0.4) is 0 Å². The van der Waals surface area contributed by atoms with Crippen LogP contribution in [0.5, 0.6) is 0 Å². The van der Waals surface area contributed by atoms with E-state index in [2.05, 4.69) is 5.32 Å². The Kier molecular flexibility index (Phi) is 4.23. The number of nitrogens with one attached hydrogen (secondary N) is 1. The third-order valence-electron chi connectivity index (χ3n) is 1.78. The normalized spacial score (nSPS) is 10.3. The molecule has 0 atom stereocenters. The van der Waals surface area contributed by atoms with Crippen LogP contribution in [0.1, 0.15) is 5.56 Å². The maximum absolute atomic E-state index is 11.2. The smallest absolute Gasteiger partial charge is 0.328 e. The second-order valence-electron chi connectivity index (χ2n) is 3.02.